The van der Waals surface area contributed by atoms with E-state index in [4.69, 9.17) is 5.84 Å². The molecule has 0 radical (unpaired) electrons. The number of nitrogens with one attached hydrogen (secondary N) is 1. The fraction of sp³-hybridized carbons (Fsp3) is 0.143. The van der Waals surface area contributed by atoms with Crippen LogP contribution in [-0.4, -0.2) is 26.4 Å². The number of hydrogen-bond donors (Lipinski definition) is 2. The number of hydrogen-bond acceptors (Lipinski definition) is 9. The molecule has 0 saturated heterocycles. The molecule has 0 fully saturated rings. The molecule has 2 aromatic rings. The van der Waals surface area contributed by atoms with Crippen LogP contribution < -0.4 is 11.3 Å². The molecule has 2 aromatic heterocycles. The van der Waals surface area contributed by atoms with Crippen LogP contribution in [-0.2, 0) is 0 Å². The third-order valence-corrected chi connectivity index (χ3v) is 4.40. The summed E-state index contributed by atoms with van der Waals surface area (Å²) in [4.78, 5) is 8.09. The van der Waals surface area contributed by atoms with Gasteiger partial charge in [0.2, 0.25) is 5.95 Å². The molecule has 3 N–H and O–H groups in total. The maximum atomic E-state index is 5.22. The maximum Gasteiger partial charge on any atom is 0.238 e. The second kappa shape index (κ2) is 5.43. The summed E-state index contributed by atoms with van der Waals surface area (Å²) in [5.74, 6) is 5.61. The van der Waals surface area contributed by atoms with Gasteiger partial charge in [0.15, 0.2) is 8.68 Å². The fourth-order valence-corrected chi connectivity index (χ4v) is 3.22. The monoisotopic (exact) mass is 272 g/mol. The van der Waals surface area contributed by atoms with E-state index in [1.165, 1.54) is 23.1 Å². The molecule has 9 heteroatoms. The van der Waals surface area contributed by atoms with Gasteiger partial charge in [-0.15, -0.1) is 10.2 Å². The van der Waals surface area contributed by atoms with Crippen molar-refractivity contribution < 1.29 is 0 Å². The predicted octanol–water partition coefficient (Wildman–Crippen LogP) is 1.49. The molecule has 0 saturated carbocycles. The van der Waals surface area contributed by atoms with Gasteiger partial charge < -0.3 is 0 Å². The Balaban J connectivity index is 2.13. The number of rotatable bonds is 4. The third kappa shape index (κ3) is 2.82. The molecule has 2 heterocycles. The van der Waals surface area contributed by atoms with Gasteiger partial charge in [0.25, 0.3) is 0 Å². The zero-order chi connectivity index (χ0) is 11.4. The minimum absolute atomic E-state index is 0.389. The van der Waals surface area contributed by atoms with Crippen LogP contribution in [0.1, 0.15) is 0 Å². The largest absolute Gasteiger partial charge is 0.292 e. The van der Waals surface area contributed by atoms with Crippen molar-refractivity contribution in [3.63, 3.8) is 0 Å². The minimum atomic E-state index is 0.389. The lowest BCUT2D eigenvalue weighted by atomic mass is 10.7. The van der Waals surface area contributed by atoms with Crippen molar-refractivity contribution >= 4 is 40.8 Å². The van der Waals surface area contributed by atoms with Gasteiger partial charge >= 0.3 is 0 Å². The van der Waals surface area contributed by atoms with Crippen LogP contribution in [0.15, 0.2) is 26.0 Å². The Morgan fingerprint density at radius 1 is 1.38 bits per heavy atom. The van der Waals surface area contributed by atoms with Crippen LogP contribution in [0.25, 0.3) is 0 Å². The van der Waals surface area contributed by atoms with E-state index in [1.807, 2.05) is 6.26 Å². The Morgan fingerprint density at radius 2 is 2.19 bits per heavy atom. The first-order valence-electron chi connectivity index (χ1n) is 4.17. The molecule has 16 heavy (non-hydrogen) atoms. The molecule has 0 amide bonds. The minimum Gasteiger partial charge on any atom is -0.292 e. The molecule has 6 nitrogen and oxygen atoms in total. The molecule has 0 atom stereocenters. The molecule has 84 valence electrons. The third-order valence-electron chi connectivity index (χ3n) is 1.51. The van der Waals surface area contributed by atoms with Gasteiger partial charge in [-0.2, -0.15) is 0 Å². The van der Waals surface area contributed by atoms with E-state index in [0.717, 1.165) is 13.7 Å². The van der Waals surface area contributed by atoms with E-state index < -0.39 is 0 Å². The second-order valence-corrected chi connectivity index (χ2v) is 5.80. The second-order valence-electron chi connectivity index (χ2n) is 2.50. The van der Waals surface area contributed by atoms with Crippen molar-refractivity contribution in [3.05, 3.63) is 12.3 Å². The van der Waals surface area contributed by atoms with Gasteiger partial charge in [0.1, 0.15) is 5.03 Å². The summed E-state index contributed by atoms with van der Waals surface area (Å²) in [6.07, 6.45) is 3.61. The SMILES string of the molecule is CSc1nnc(Sc2ccnc(NN)n2)s1. The predicted molar refractivity (Wildman–Crippen MR) is 65.7 cm³/mol. The number of hydrazine groups is 1. The lowest BCUT2D eigenvalue weighted by Gasteiger charge is -1.99. The Morgan fingerprint density at radius 3 is 2.88 bits per heavy atom. The van der Waals surface area contributed by atoms with Gasteiger partial charge in [-0.25, -0.2) is 15.8 Å². The Bertz CT molecular complexity index is 473. The Kier molecular flexibility index (Phi) is 3.93. The quantitative estimate of drug-likeness (QED) is 0.374. The maximum absolute atomic E-state index is 5.22. The molecule has 0 aliphatic carbocycles. The van der Waals surface area contributed by atoms with Crippen molar-refractivity contribution in [3.8, 4) is 0 Å². The Hall–Kier alpha value is -0.900. The number of nitrogens with zero attached hydrogens (tertiary/aromatic N) is 4. The summed E-state index contributed by atoms with van der Waals surface area (Å²) >= 11 is 4.55. The van der Waals surface area contributed by atoms with Crippen LogP contribution in [0, 0.1) is 0 Å². The smallest absolute Gasteiger partial charge is 0.238 e. The highest BCUT2D eigenvalue weighted by molar-refractivity contribution is 8.02. The molecule has 0 spiro atoms. The lowest BCUT2D eigenvalue weighted by molar-refractivity contribution is 0.951. The van der Waals surface area contributed by atoms with Gasteiger partial charge in [-0.1, -0.05) is 23.1 Å². The highest BCUT2D eigenvalue weighted by Crippen LogP contribution is 2.31. The first kappa shape index (κ1) is 11.6. The van der Waals surface area contributed by atoms with E-state index in [2.05, 4.69) is 25.6 Å². The Labute approximate surface area is 104 Å². The topological polar surface area (TPSA) is 89.6 Å². The normalized spacial score (nSPS) is 10.4. The van der Waals surface area contributed by atoms with E-state index in [1.54, 1.807) is 24.0 Å². The highest BCUT2D eigenvalue weighted by atomic mass is 32.2. The molecular formula is C7H8N6S3. The highest BCUT2D eigenvalue weighted by Gasteiger charge is 2.06. The summed E-state index contributed by atoms with van der Waals surface area (Å²) in [6.45, 7) is 0. The van der Waals surface area contributed by atoms with Gasteiger partial charge in [-0.3, -0.25) is 5.43 Å². The first-order valence-corrected chi connectivity index (χ1v) is 7.02. The van der Waals surface area contributed by atoms with Gasteiger partial charge in [0, 0.05) is 6.20 Å². The number of thioether (sulfide) groups is 1. The standard InChI is InChI=1S/C7H8N6S3/c1-14-6-12-13-7(16-6)15-4-2-3-9-5(10-4)11-8/h2-3H,8H2,1H3,(H,9,10,11). The average Bonchev–Trinajstić information content (AvgIpc) is 2.77. The zero-order valence-electron chi connectivity index (χ0n) is 8.25. The molecule has 0 aliphatic heterocycles. The molecule has 0 aliphatic rings. The number of anilines is 1. The number of nitrogens with two attached hydrogens (primary N) is 1. The van der Waals surface area contributed by atoms with Crippen molar-refractivity contribution in [2.75, 3.05) is 11.7 Å². The molecular weight excluding hydrogens is 264 g/mol. The molecule has 0 aromatic carbocycles. The number of aromatic nitrogens is 4. The molecule has 0 unspecified atom stereocenters. The zero-order valence-corrected chi connectivity index (χ0v) is 10.7. The van der Waals surface area contributed by atoms with Gasteiger partial charge in [0.05, 0.1) is 0 Å². The van der Waals surface area contributed by atoms with Gasteiger partial charge in [-0.05, 0) is 24.1 Å². The van der Waals surface area contributed by atoms with E-state index in [-0.39, 0.29) is 0 Å². The van der Waals surface area contributed by atoms with E-state index in [9.17, 15) is 0 Å². The molecule has 0 bridgehead atoms. The van der Waals surface area contributed by atoms with E-state index >= 15 is 0 Å². The van der Waals surface area contributed by atoms with Crippen LogP contribution in [0.5, 0.6) is 0 Å². The summed E-state index contributed by atoms with van der Waals surface area (Å²) in [5.41, 5.74) is 2.40. The van der Waals surface area contributed by atoms with Crippen LogP contribution >= 0.6 is 34.9 Å². The fourth-order valence-electron chi connectivity index (χ4n) is 0.879. The summed E-state index contributed by atoms with van der Waals surface area (Å²) < 4.78 is 1.79. The lowest BCUT2D eigenvalue weighted by Crippen LogP contribution is -2.10. The molecule has 2 rings (SSSR count). The van der Waals surface area contributed by atoms with Crippen LogP contribution in [0.4, 0.5) is 5.95 Å². The van der Waals surface area contributed by atoms with E-state index in [0.29, 0.717) is 5.95 Å². The van der Waals surface area contributed by atoms with Crippen molar-refractivity contribution in [1.29, 1.82) is 0 Å². The van der Waals surface area contributed by atoms with Crippen LogP contribution in [0.2, 0.25) is 0 Å². The summed E-state index contributed by atoms with van der Waals surface area (Å²) in [5, 5.41) is 8.82. The number of nitrogen functional groups attached to an aromatic ring is 1. The average molecular weight is 272 g/mol. The summed E-state index contributed by atoms with van der Waals surface area (Å²) in [6, 6.07) is 1.80. The van der Waals surface area contributed by atoms with Crippen molar-refractivity contribution in [2.24, 2.45) is 5.84 Å². The van der Waals surface area contributed by atoms with Crippen molar-refractivity contribution in [1.82, 2.24) is 20.2 Å². The van der Waals surface area contributed by atoms with Crippen molar-refractivity contribution in [2.45, 2.75) is 13.7 Å². The van der Waals surface area contributed by atoms with Crippen LogP contribution in [0.3, 0.4) is 0 Å². The summed E-state index contributed by atoms with van der Waals surface area (Å²) in [7, 11) is 0. The first-order chi connectivity index (χ1) is 7.81.